The van der Waals surface area contributed by atoms with Gasteiger partial charge < -0.3 is 9.80 Å². The maximum absolute atomic E-state index is 12.6. The average molecular weight is 398 g/mol. The van der Waals surface area contributed by atoms with Crippen LogP contribution < -0.4 is 9.80 Å². The number of hydrogen-bond acceptors (Lipinski definition) is 7. The number of anilines is 2. The zero-order valence-corrected chi connectivity index (χ0v) is 16.3. The van der Waals surface area contributed by atoms with Crippen molar-refractivity contribution in [2.45, 2.75) is 17.7 Å². The molecular weight excluding hydrogens is 376 g/mol. The highest BCUT2D eigenvalue weighted by Gasteiger charge is 2.28. The molecule has 0 saturated carbocycles. The summed E-state index contributed by atoms with van der Waals surface area (Å²) in [5.74, 6) is 1.58. The number of aromatic nitrogens is 2. The van der Waals surface area contributed by atoms with Gasteiger partial charge in [-0.05, 0) is 37.1 Å². The van der Waals surface area contributed by atoms with Crippen molar-refractivity contribution in [2.24, 2.45) is 0 Å². The molecule has 0 radical (unpaired) electrons. The number of rotatable bonds is 4. The Morgan fingerprint density at radius 3 is 2.18 bits per heavy atom. The van der Waals surface area contributed by atoms with Gasteiger partial charge in [0, 0.05) is 51.7 Å². The van der Waals surface area contributed by atoms with Crippen molar-refractivity contribution in [3.8, 4) is 6.07 Å². The molecule has 2 aliphatic heterocycles. The molecule has 0 unspecified atom stereocenters. The summed E-state index contributed by atoms with van der Waals surface area (Å²) in [5.41, 5.74) is 0.601. The molecule has 0 aliphatic carbocycles. The Labute approximate surface area is 165 Å². The van der Waals surface area contributed by atoms with Crippen LogP contribution in [0.3, 0.4) is 0 Å². The molecule has 2 aromatic heterocycles. The van der Waals surface area contributed by atoms with E-state index >= 15 is 0 Å². The Kier molecular flexibility index (Phi) is 5.15. The smallest absolute Gasteiger partial charge is 0.244 e. The van der Waals surface area contributed by atoms with Crippen molar-refractivity contribution in [1.29, 1.82) is 5.26 Å². The average Bonchev–Trinajstić information content (AvgIpc) is 3.30. The standard InChI is InChI=1S/C19H22N6O2S/c20-14-16-5-6-21-19(13-16)24-11-9-23(10-12-24)18-4-3-17(15-22-18)28(26,27)25-7-1-2-8-25/h3-6,13,15H,1-2,7-12H2. The van der Waals surface area contributed by atoms with E-state index in [1.54, 1.807) is 30.5 Å². The second kappa shape index (κ2) is 7.73. The SMILES string of the molecule is N#Cc1ccnc(N2CCN(c3ccc(S(=O)(=O)N4CCCC4)cn3)CC2)c1. The fraction of sp³-hybridized carbons (Fsp3) is 0.421. The summed E-state index contributed by atoms with van der Waals surface area (Å²) in [6.07, 6.45) is 4.96. The molecule has 0 spiro atoms. The molecule has 0 atom stereocenters. The molecular formula is C19H22N6O2S. The second-order valence-electron chi connectivity index (χ2n) is 6.95. The molecule has 0 N–H and O–H groups in total. The monoisotopic (exact) mass is 398 g/mol. The molecule has 2 aromatic rings. The Hall–Kier alpha value is -2.70. The molecule has 146 valence electrons. The van der Waals surface area contributed by atoms with Crippen molar-refractivity contribution in [2.75, 3.05) is 49.1 Å². The van der Waals surface area contributed by atoms with Crippen molar-refractivity contribution >= 4 is 21.7 Å². The first kappa shape index (κ1) is 18.7. The first-order chi connectivity index (χ1) is 13.6. The van der Waals surface area contributed by atoms with Crippen LogP contribution in [-0.4, -0.2) is 62.0 Å². The van der Waals surface area contributed by atoms with Gasteiger partial charge in [0.15, 0.2) is 0 Å². The van der Waals surface area contributed by atoms with Gasteiger partial charge in [0.2, 0.25) is 10.0 Å². The second-order valence-corrected chi connectivity index (χ2v) is 8.89. The van der Waals surface area contributed by atoms with Crippen LogP contribution in [0.15, 0.2) is 41.6 Å². The minimum Gasteiger partial charge on any atom is -0.353 e. The van der Waals surface area contributed by atoms with Gasteiger partial charge in [-0.1, -0.05) is 0 Å². The van der Waals surface area contributed by atoms with Gasteiger partial charge in [0.05, 0.1) is 11.6 Å². The molecule has 9 heteroatoms. The predicted octanol–water partition coefficient (Wildman–Crippen LogP) is 1.46. The van der Waals surface area contributed by atoms with Gasteiger partial charge >= 0.3 is 0 Å². The van der Waals surface area contributed by atoms with Gasteiger partial charge in [0.25, 0.3) is 0 Å². The maximum Gasteiger partial charge on any atom is 0.244 e. The zero-order valence-electron chi connectivity index (χ0n) is 15.5. The van der Waals surface area contributed by atoms with E-state index in [4.69, 9.17) is 5.26 Å². The fourth-order valence-corrected chi connectivity index (χ4v) is 5.08. The summed E-state index contributed by atoms with van der Waals surface area (Å²) in [6.45, 7) is 4.21. The first-order valence-corrected chi connectivity index (χ1v) is 10.8. The Bertz CT molecular complexity index is 972. The third-order valence-electron chi connectivity index (χ3n) is 5.23. The normalized spacial score (nSPS) is 18.2. The van der Waals surface area contributed by atoms with Gasteiger partial charge in [0.1, 0.15) is 16.5 Å². The summed E-state index contributed by atoms with van der Waals surface area (Å²) in [6, 6.07) is 9.07. The number of pyridine rings is 2. The highest BCUT2D eigenvalue weighted by molar-refractivity contribution is 7.89. The van der Waals surface area contributed by atoms with E-state index in [2.05, 4.69) is 25.8 Å². The number of hydrogen-bond donors (Lipinski definition) is 0. The number of piperazine rings is 1. The minimum absolute atomic E-state index is 0.259. The van der Waals surface area contributed by atoms with Gasteiger partial charge in [-0.15, -0.1) is 0 Å². The van der Waals surface area contributed by atoms with E-state index in [0.717, 1.165) is 50.7 Å². The predicted molar refractivity (Wildman–Crippen MR) is 106 cm³/mol. The lowest BCUT2D eigenvalue weighted by atomic mass is 10.2. The fourth-order valence-electron chi connectivity index (χ4n) is 3.62. The Morgan fingerprint density at radius 1 is 0.893 bits per heavy atom. The van der Waals surface area contributed by atoms with E-state index in [0.29, 0.717) is 18.7 Å². The van der Waals surface area contributed by atoms with Crippen molar-refractivity contribution in [3.05, 3.63) is 42.2 Å². The van der Waals surface area contributed by atoms with E-state index in [1.807, 2.05) is 0 Å². The quantitative estimate of drug-likeness (QED) is 0.770. The molecule has 8 nitrogen and oxygen atoms in total. The Morgan fingerprint density at radius 2 is 1.57 bits per heavy atom. The van der Waals surface area contributed by atoms with Crippen molar-refractivity contribution in [1.82, 2.24) is 14.3 Å². The Balaban J connectivity index is 1.41. The summed E-state index contributed by atoms with van der Waals surface area (Å²) >= 11 is 0. The third kappa shape index (κ3) is 3.66. The first-order valence-electron chi connectivity index (χ1n) is 9.40. The van der Waals surface area contributed by atoms with Crippen LogP contribution in [0.4, 0.5) is 11.6 Å². The lowest BCUT2D eigenvalue weighted by molar-refractivity contribution is 0.477. The minimum atomic E-state index is -3.43. The van der Waals surface area contributed by atoms with Crippen LogP contribution in [0.2, 0.25) is 0 Å². The lowest BCUT2D eigenvalue weighted by Gasteiger charge is -2.36. The van der Waals surface area contributed by atoms with Crippen LogP contribution in [0.25, 0.3) is 0 Å². The van der Waals surface area contributed by atoms with Crippen LogP contribution in [0.5, 0.6) is 0 Å². The molecule has 0 aromatic carbocycles. The van der Waals surface area contributed by atoms with E-state index in [1.165, 1.54) is 10.5 Å². The molecule has 0 bridgehead atoms. The number of nitrogens with zero attached hydrogens (tertiary/aromatic N) is 6. The molecule has 2 saturated heterocycles. The summed E-state index contributed by atoms with van der Waals surface area (Å²) in [7, 11) is -3.43. The van der Waals surface area contributed by atoms with Gasteiger partial charge in [-0.2, -0.15) is 9.57 Å². The van der Waals surface area contributed by atoms with Gasteiger partial charge in [-0.25, -0.2) is 18.4 Å². The van der Waals surface area contributed by atoms with Gasteiger partial charge in [-0.3, -0.25) is 0 Å². The summed E-state index contributed by atoms with van der Waals surface area (Å²) < 4.78 is 26.8. The van der Waals surface area contributed by atoms with E-state index in [-0.39, 0.29) is 4.90 Å². The highest BCUT2D eigenvalue weighted by atomic mass is 32.2. The molecule has 0 amide bonds. The molecule has 4 rings (SSSR count). The summed E-state index contributed by atoms with van der Waals surface area (Å²) in [4.78, 5) is 13.3. The lowest BCUT2D eigenvalue weighted by Crippen LogP contribution is -2.47. The van der Waals surface area contributed by atoms with Crippen molar-refractivity contribution in [3.63, 3.8) is 0 Å². The summed E-state index contributed by atoms with van der Waals surface area (Å²) in [5, 5.41) is 9.04. The van der Waals surface area contributed by atoms with E-state index in [9.17, 15) is 8.42 Å². The van der Waals surface area contributed by atoms with Crippen LogP contribution in [0, 0.1) is 11.3 Å². The molecule has 4 heterocycles. The molecule has 2 aliphatic rings. The number of nitriles is 1. The maximum atomic E-state index is 12.6. The molecule has 28 heavy (non-hydrogen) atoms. The van der Waals surface area contributed by atoms with Crippen LogP contribution in [0.1, 0.15) is 18.4 Å². The number of sulfonamides is 1. The third-order valence-corrected chi connectivity index (χ3v) is 7.11. The topological polar surface area (TPSA) is 93.4 Å². The van der Waals surface area contributed by atoms with Crippen molar-refractivity contribution < 1.29 is 8.42 Å². The zero-order chi connectivity index (χ0) is 19.6. The van der Waals surface area contributed by atoms with Crippen LogP contribution >= 0.6 is 0 Å². The molecule has 2 fully saturated rings. The van der Waals surface area contributed by atoms with Crippen LogP contribution in [-0.2, 0) is 10.0 Å². The largest absolute Gasteiger partial charge is 0.353 e. The van der Waals surface area contributed by atoms with E-state index < -0.39 is 10.0 Å². The highest BCUT2D eigenvalue weighted by Crippen LogP contribution is 2.23.